The van der Waals surface area contributed by atoms with Crippen molar-refractivity contribution in [1.29, 1.82) is 0 Å². The zero-order valence-corrected chi connectivity index (χ0v) is 11.4. The van der Waals surface area contributed by atoms with Crippen LogP contribution in [0.1, 0.15) is 39.5 Å². The molecule has 0 N–H and O–H groups in total. The lowest BCUT2D eigenvalue weighted by molar-refractivity contribution is 0.0980. The third kappa shape index (κ3) is 3.23. The molecule has 1 unspecified atom stereocenters. The molecule has 1 saturated carbocycles. The van der Waals surface area contributed by atoms with Crippen LogP contribution in [0, 0.1) is 11.3 Å². The van der Waals surface area contributed by atoms with Gasteiger partial charge in [0.25, 0.3) is 0 Å². The maximum absolute atomic E-state index is 3.67. The van der Waals surface area contributed by atoms with Gasteiger partial charge in [0.15, 0.2) is 0 Å². The summed E-state index contributed by atoms with van der Waals surface area (Å²) in [7, 11) is 2.27. The normalized spacial score (nSPS) is 22.1. The van der Waals surface area contributed by atoms with E-state index in [9.17, 15) is 0 Å². The molecule has 1 aliphatic carbocycles. The molecule has 0 bridgehead atoms. The molecule has 14 heavy (non-hydrogen) atoms. The monoisotopic (exact) mass is 261 g/mol. The summed E-state index contributed by atoms with van der Waals surface area (Å²) in [5.41, 5.74) is 0.613. The Morgan fingerprint density at radius 1 is 1.43 bits per heavy atom. The molecular formula is C12H24BrN. The van der Waals surface area contributed by atoms with E-state index < -0.39 is 0 Å². The van der Waals surface area contributed by atoms with Crippen molar-refractivity contribution in [2.45, 2.75) is 39.5 Å². The number of rotatable bonds is 6. The molecule has 2 heteroatoms. The van der Waals surface area contributed by atoms with Gasteiger partial charge in [0, 0.05) is 18.4 Å². The second-order valence-corrected chi connectivity index (χ2v) is 5.76. The SMILES string of the molecule is CCC(C)CN(C)CC1(CBr)CCC1. The standard InChI is InChI=1S/C12H24BrN/c1-4-11(2)8-14(3)10-12(9-13)6-5-7-12/h11H,4-10H2,1-3H3. The predicted molar refractivity (Wildman–Crippen MR) is 67.0 cm³/mol. The zero-order valence-electron chi connectivity index (χ0n) is 9.85. The summed E-state index contributed by atoms with van der Waals surface area (Å²) < 4.78 is 0. The molecule has 0 saturated heterocycles. The van der Waals surface area contributed by atoms with Crippen molar-refractivity contribution >= 4 is 15.9 Å². The summed E-state index contributed by atoms with van der Waals surface area (Å²) in [6.07, 6.45) is 5.57. The minimum Gasteiger partial charge on any atom is -0.306 e. The van der Waals surface area contributed by atoms with Gasteiger partial charge in [-0.15, -0.1) is 0 Å². The number of hydrogen-bond donors (Lipinski definition) is 0. The Morgan fingerprint density at radius 2 is 2.07 bits per heavy atom. The molecule has 0 amide bonds. The van der Waals surface area contributed by atoms with E-state index in [1.54, 1.807) is 0 Å². The minimum absolute atomic E-state index is 0.613. The first-order chi connectivity index (χ1) is 6.62. The van der Waals surface area contributed by atoms with Gasteiger partial charge in [-0.05, 0) is 31.2 Å². The minimum atomic E-state index is 0.613. The highest BCUT2D eigenvalue weighted by Crippen LogP contribution is 2.42. The van der Waals surface area contributed by atoms with Crippen molar-refractivity contribution in [1.82, 2.24) is 4.90 Å². The van der Waals surface area contributed by atoms with Gasteiger partial charge in [-0.3, -0.25) is 0 Å². The highest BCUT2D eigenvalue weighted by atomic mass is 79.9. The van der Waals surface area contributed by atoms with Crippen molar-refractivity contribution in [2.75, 3.05) is 25.5 Å². The van der Waals surface area contributed by atoms with Gasteiger partial charge in [-0.25, -0.2) is 0 Å². The average molecular weight is 262 g/mol. The average Bonchev–Trinajstić information content (AvgIpc) is 2.11. The summed E-state index contributed by atoms with van der Waals surface area (Å²) >= 11 is 3.67. The Labute approximate surface area is 97.4 Å². The molecule has 0 aromatic carbocycles. The van der Waals surface area contributed by atoms with Gasteiger partial charge in [0.05, 0.1) is 0 Å². The number of nitrogens with zero attached hydrogens (tertiary/aromatic N) is 1. The van der Waals surface area contributed by atoms with Crippen molar-refractivity contribution in [3.63, 3.8) is 0 Å². The van der Waals surface area contributed by atoms with Crippen LogP contribution < -0.4 is 0 Å². The molecule has 0 aromatic rings. The van der Waals surface area contributed by atoms with Gasteiger partial charge in [-0.2, -0.15) is 0 Å². The van der Waals surface area contributed by atoms with E-state index >= 15 is 0 Å². The highest BCUT2D eigenvalue weighted by molar-refractivity contribution is 9.09. The van der Waals surface area contributed by atoms with Gasteiger partial charge in [0.1, 0.15) is 0 Å². The van der Waals surface area contributed by atoms with Crippen LogP contribution in [0.4, 0.5) is 0 Å². The lowest BCUT2D eigenvalue weighted by Crippen LogP contribution is -2.43. The Hall–Kier alpha value is 0.440. The molecule has 0 heterocycles. The fourth-order valence-corrected chi connectivity index (χ4v) is 3.05. The fraction of sp³-hybridized carbons (Fsp3) is 1.00. The highest BCUT2D eigenvalue weighted by Gasteiger charge is 2.36. The topological polar surface area (TPSA) is 3.24 Å². The van der Waals surface area contributed by atoms with Gasteiger partial charge < -0.3 is 4.90 Å². The van der Waals surface area contributed by atoms with Crippen LogP contribution in [0.5, 0.6) is 0 Å². The first-order valence-electron chi connectivity index (χ1n) is 5.86. The molecule has 84 valence electrons. The smallest absolute Gasteiger partial charge is 0.0100 e. The van der Waals surface area contributed by atoms with Crippen molar-refractivity contribution in [2.24, 2.45) is 11.3 Å². The Balaban J connectivity index is 2.28. The fourth-order valence-electron chi connectivity index (χ4n) is 2.31. The van der Waals surface area contributed by atoms with Crippen molar-refractivity contribution < 1.29 is 0 Å². The maximum Gasteiger partial charge on any atom is 0.0100 e. The van der Waals surface area contributed by atoms with Crippen LogP contribution >= 0.6 is 15.9 Å². The molecule has 0 aromatic heterocycles. The molecule has 1 fully saturated rings. The van der Waals surface area contributed by atoms with E-state index in [1.165, 1.54) is 44.1 Å². The van der Waals surface area contributed by atoms with Crippen LogP contribution in [0.2, 0.25) is 0 Å². The van der Waals surface area contributed by atoms with E-state index in [1.807, 2.05) is 0 Å². The molecular weight excluding hydrogens is 238 g/mol. The first kappa shape index (κ1) is 12.5. The second-order valence-electron chi connectivity index (χ2n) is 5.20. The molecule has 0 spiro atoms. The van der Waals surface area contributed by atoms with E-state index in [0.29, 0.717) is 5.41 Å². The molecule has 1 rings (SSSR count). The third-order valence-corrected chi connectivity index (χ3v) is 4.81. The lowest BCUT2D eigenvalue weighted by atomic mass is 9.70. The van der Waals surface area contributed by atoms with Crippen LogP contribution in [0.15, 0.2) is 0 Å². The van der Waals surface area contributed by atoms with Crippen LogP contribution in [-0.4, -0.2) is 30.4 Å². The van der Waals surface area contributed by atoms with E-state index in [0.717, 1.165) is 5.92 Å². The largest absolute Gasteiger partial charge is 0.306 e. The van der Waals surface area contributed by atoms with Gasteiger partial charge in [-0.1, -0.05) is 42.6 Å². The summed E-state index contributed by atoms with van der Waals surface area (Å²) in [5, 5.41) is 1.19. The van der Waals surface area contributed by atoms with E-state index in [-0.39, 0.29) is 0 Å². The zero-order chi connectivity index (χ0) is 10.6. The molecule has 1 atom stereocenters. The van der Waals surface area contributed by atoms with Gasteiger partial charge in [0.2, 0.25) is 0 Å². The third-order valence-electron chi connectivity index (χ3n) is 3.62. The Morgan fingerprint density at radius 3 is 2.43 bits per heavy atom. The summed E-state index contributed by atoms with van der Waals surface area (Å²) in [6, 6.07) is 0. The molecule has 1 nitrogen and oxygen atoms in total. The Bertz CT molecular complexity index is 160. The molecule has 0 radical (unpaired) electrons. The van der Waals surface area contributed by atoms with Crippen LogP contribution in [-0.2, 0) is 0 Å². The molecule has 1 aliphatic rings. The van der Waals surface area contributed by atoms with Crippen LogP contribution in [0.3, 0.4) is 0 Å². The molecule has 0 aliphatic heterocycles. The number of halogens is 1. The summed E-state index contributed by atoms with van der Waals surface area (Å²) in [4.78, 5) is 2.52. The first-order valence-corrected chi connectivity index (χ1v) is 6.98. The van der Waals surface area contributed by atoms with E-state index in [4.69, 9.17) is 0 Å². The van der Waals surface area contributed by atoms with Crippen LogP contribution in [0.25, 0.3) is 0 Å². The van der Waals surface area contributed by atoms with Gasteiger partial charge >= 0.3 is 0 Å². The summed E-state index contributed by atoms with van der Waals surface area (Å²) in [5.74, 6) is 0.840. The predicted octanol–water partition coefficient (Wildman–Crippen LogP) is 3.53. The second kappa shape index (κ2) is 5.50. The number of alkyl halides is 1. The quantitative estimate of drug-likeness (QED) is 0.662. The maximum atomic E-state index is 3.67. The van der Waals surface area contributed by atoms with E-state index in [2.05, 4.69) is 41.7 Å². The Kier molecular flexibility index (Phi) is 4.92. The van der Waals surface area contributed by atoms with Crippen molar-refractivity contribution in [3.05, 3.63) is 0 Å². The summed E-state index contributed by atoms with van der Waals surface area (Å²) in [6.45, 7) is 7.16. The number of hydrogen-bond acceptors (Lipinski definition) is 1. The van der Waals surface area contributed by atoms with Crippen molar-refractivity contribution in [3.8, 4) is 0 Å². The lowest BCUT2D eigenvalue weighted by Gasteiger charge is -2.43.